The highest BCUT2D eigenvalue weighted by atomic mass is 16.1. The first-order valence-electron chi connectivity index (χ1n) is 7.78. The predicted octanol–water partition coefficient (Wildman–Crippen LogP) is 3.28. The van der Waals surface area contributed by atoms with E-state index in [9.17, 15) is 4.79 Å². The van der Waals surface area contributed by atoms with Crippen molar-refractivity contribution in [2.75, 3.05) is 0 Å². The molecule has 0 saturated carbocycles. The maximum absolute atomic E-state index is 12.7. The topological polar surface area (TPSA) is 42.0 Å². The van der Waals surface area contributed by atoms with Crippen molar-refractivity contribution in [2.24, 2.45) is 0 Å². The van der Waals surface area contributed by atoms with Gasteiger partial charge in [-0.05, 0) is 36.1 Å². The zero-order valence-electron chi connectivity index (χ0n) is 13.4. The number of fused-ring (bicyclic) bond motifs is 1. The lowest BCUT2D eigenvalue weighted by Gasteiger charge is -2.21. The monoisotopic (exact) mass is 294 g/mol. The lowest BCUT2D eigenvalue weighted by atomic mass is 9.88. The average Bonchev–Trinajstić information content (AvgIpc) is 2.88. The van der Waals surface area contributed by atoms with E-state index in [2.05, 4.69) is 55.3 Å². The molecule has 0 aliphatic heterocycles. The van der Waals surface area contributed by atoms with E-state index in [0.29, 0.717) is 5.56 Å². The minimum atomic E-state index is -0.146. The third kappa shape index (κ3) is 2.89. The van der Waals surface area contributed by atoms with Gasteiger partial charge in [0.05, 0.1) is 11.3 Å². The van der Waals surface area contributed by atoms with Gasteiger partial charge in [0.1, 0.15) is 0 Å². The van der Waals surface area contributed by atoms with Crippen molar-refractivity contribution < 1.29 is 4.79 Å². The van der Waals surface area contributed by atoms with Crippen LogP contribution in [0.3, 0.4) is 0 Å². The minimum Gasteiger partial charge on any atom is -0.349 e. The molecule has 1 aliphatic rings. The summed E-state index contributed by atoms with van der Waals surface area (Å²) >= 11 is 0. The van der Waals surface area contributed by atoms with Crippen LogP contribution in [-0.4, -0.2) is 16.9 Å². The van der Waals surface area contributed by atoms with Gasteiger partial charge < -0.3 is 5.32 Å². The summed E-state index contributed by atoms with van der Waals surface area (Å²) in [5.74, 6) is -0.0177. The Hall–Kier alpha value is -2.16. The van der Waals surface area contributed by atoms with E-state index in [-0.39, 0.29) is 17.4 Å². The number of aromatic nitrogens is 1. The Morgan fingerprint density at radius 1 is 1.09 bits per heavy atom. The molecule has 3 heteroatoms. The number of hydrogen-bond donors (Lipinski definition) is 1. The molecule has 0 saturated heterocycles. The molecule has 114 valence electrons. The third-order valence-electron chi connectivity index (χ3n) is 4.15. The SMILES string of the molecule is CC(C)(C)c1ncccc1C(=O)NC1Cc2ccccc2C1. The molecule has 1 aromatic carbocycles. The van der Waals surface area contributed by atoms with Gasteiger partial charge in [-0.3, -0.25) is 9.78 Å². The highest BCUT2D eigenvalue weighted by Gasteiger charge is 2.26. The number of rotatable bonds is 2. The van der Waals surface area contributed by atoms with Gasteiger partial charge in [0.2, 0.25) is 0 Å². The number of nitrogens with one attached hydrogen (secondary N) is 1. The van der Waals surface area contributed by atoms with E-state index in [1.54, 1.807) is 6.20 Å². The molecule has 0 radical (unpaired) electrons. The van der Waals surface area contributed by atoms with Gasteiger partial charge in [-0.15, -0.1) is 0 Å². The molecule has 0 bridgehead atoms. The van der Waals surface area contributed by atoms with Crippen LogP contribution in [0.5, 0.6) is 0 Å². The number of benzene rings is 1. The Morgan fingerprint density at radius 3 is 2.32 bits per heavy atom. The second-order valence-electron chi connectivity index (χ2n) is 7.00. The summed E-state index contributed by atoms with van der Waals surface area (Å²) in [6.45, 7) is 6.24. The fourth-order valence-corrected chi connectivity index (χ4v) is 3.11. The second kappa shape index (κ2) is 5.56. The first-order valence-corrected chi connectivity index (χ1v) is 7.78. The Bertz CT molecular complexity index is 676. The summed E-state index contributed by atoms with van der Waals surface area (Å²) in [6.07, 6.45) is 3.57. The van der Waals surface area contributed by atoms with Gasteiger partial charge in [-0.1, -0.05) is 45.0 Å². The van der Waals surface area contributed by atoms with Crippen molar-refractivity contribution >= 4 is 5.91 Å². The zero-order chi connectivity index (χ0) is 15.7. The average molecular weight is 294 g/mol. The molecule has 0 spiro atoms. The maximum atomic E-state index is 12.7. The first-order chi connectivity index (χ1) is 10.4. The van der Waals surface area contributed by atoms with Gasteiger partial charge >= 0.3 is 0 Å². The Labute approximate surface area is 131 Å². The quantitative estimate of drug-likeness (QED) is 0.923. The predicted molar refractivity (Wildman–Crippen MR) is 88.0 cm³/mol. The molecule has 1 heterocycles. The first kappa shape index (κ1) is 14.8. The van der Waals surface area contributed by atoms with Crippen molar-refractivity contribution in [3.8, 4) is 0 Å². The lowest BCUT2D eigenvalue weighted by Crippen LogP contribution is -2.36. The van der Waals surface area contributed by atoms with E-state index in [1.807, 2.05) is 12.1 Å². The Kier molecular flexibility index (Phi) is 3.73. The van der Waals surface area contributed by atoms with Crippen LogP contribution >= 0.6 is 0 Å². The summed E-state index contributed by atoms with van der Waals surface area (Å²) in [5, 5.41) is 3.18. The molecule has 3 rings (SSSR count). The number of carbonyl (C=O) groups is 1. The number of nitrogens with zero attached hydrogens (tertiary/aromatic N) is 1. The lowest BCUT2D eigenvalue weighted by molar-refractivity contribution is 0.0935. The van der Waals surface area contributed by atoms with Crippen LogP contribution in [0.15, 0.2) is 42.6 Å². The van der Waals surface area contributed by atoms with E-state index in [1.165, 1.54) is 11.1 Å². The van der Waals surface area contributed by atoms with E-state index >= 15 is 0 Å². The van der Waals surface area contributed by atoms with Crippen LogP contribution in [0.1, 0.15) is 48.0 Å². The molecule has 0 atom stereocenters. The van der Waals surface area contributed by atoms with E-state index in [4.69, 9.17) is 0 Å². The van der Waals surface area contributed by atoms with Gasteiger partial charge in [0, 0.05) is 17.7 Å². The summed E-state index contributed by atoms with van der Waals surface area (Å²) in [7, 11) is 0. The minimum absolute atomic E-state index is 0.0177. The van der Waals surface area contributed by atoms with E-state index < -0.39 is 0 Å². The molecular formula is C19H22N2O. The third-order valence-corrected chi connectivity index (χ3v) is 4.15. The summed E-state index contributed by atoms with van der Waals surface area (Å²) in [6, 6.07) is 12.3. The summed E-state index contributed by atoms with van der Waals surface area (Å²) < 4.78 is 0. The van der Waals surface area contributed by atoms with Crippen molar-refractivity contribution in [1.29, 1.82) is 0 Å². The van der Waals surface area contributed by atoms with Gasteiger partial charge in [0.25, 0.3) is 5.91 Å². The van der Waals surface area contributed by atoms with Crippen LogP contribution in [0, 0.1) is 0 Å². The number of amides is 1. The van der Waals surface area contributed by atoms with Crippen molar-refractivity contribution in [2.45, 2.75) is 45.1 Å². The van der Waals surface area contributed by atoms with Gasteiger partial charge in [-0.2, -0.15) is 0 Å². The van der Waals surface area contributed by atoms with Gasteiger partial charge in [-0.25, -0.2) is 0 Å². The summed E-state index contributed by atoms with van der Waals surface area (Å²) in [4.78, 5) is 17.1. The number of pyridine rings is 1. The van der Waals surface area contributed by atoms with Crippen molar-refractivity contribution in [3.63, 3.8) is 0 Å². The zero-order valence-corrected chi connectivity index (χ0v) is 13.4. The smallest absolute Gasteiger partial charge is 0.253 e. The molecular weight excluding hydrogens is 272 g/mol. The Balaban J connectivity index is 1.77. The van der Waals surface area contributed by atoms with Crippen LogP contribution < -0.4 is 5.32 Å². The van der Waals surface area contributed by atoms with Gasteiger partial charge in [0.15, 0.2) is 0 Å². The molecule has 1 N–H and O–H groups in total. The van der Waals surface area contributed by atoms with Crippen LogP contribution in [0.2, 0.25) is 0 Å². The second-order valence-corrected chi connectivity index (χ2v) is 7.00. The fourth-order valence-electron chi connectivity index (χ4n) is 3.11. The Morgan fingerprint density at radius 2 is 1.73 bits per heavy atom. The van der Waals surface area contributed by atoms with Crippen LogP contribution in [-0.2, 0) is 18.3 Å². The van der Waals surface area contributed by atoms with Crippen molar-refractivity contribution in [1.82, 2.24) is 10.3 Å². The highest BCUT2D eigenvalue weighted by Crippen LogP contribution is 2.25. The van der Waals surface area contributed by atoms with Crippen LogP contribution in [0.25, 0.3) is 0 Å². The molecule has 1 aliphatic carbocycles. The number of hydrogen-bond acceptors (Lipinski definition) is 2. The largest absolute Gasteiger partial charge is 0.349 e. The fraction of sp³-hybridized carbons (Fsp3) is 0.368. The molecule has 22 heavy (non-hydrogen) atoms. The molecule has 0 unspecified atom stereocenters. The number of carbonyl (C=O) groups excluding carboxylic acids is 1. The van der Waals surface area contributed by atoms with Crippen LogP contribution in [0.4, 0.5) is 0 Å². The maximum Gasteiger partial charge on any atom is 0.253 e. The normalized spacial score (nSPS) is 14.7. The molecule has 1 aromatic heterocycles. The molecule has 3 nitrogen and oxygen atoms in total. The summed E-state index contributed by atoms with van der Waals surface area (Å²) in [5.41, 5.74) is 4.08. The molecule has 0 fully saturated rings. The van der Waals surface area contributed by atoms with Crippen molar-refractivity contribution in [3.05, 3.63) is 65.0 Å². The molecule has 1 amide bonds. The standard InChI is InChI=1S/C19H22N2O/c1-19(2,3)17-16(9-6-10-20-17)18(22)21-15-11-13-7-4-5-8-14(13)12-15/h4-10,15H,11-12H2,1-3H3,(H,21,22). The van der Waals surface area contributed by atoms with E-state index in [0.717, 1.165) is 18.5 Å². The molecule has 2 aromatic rings. The highest BCUT2D eigenvalue weighted by molar-refractivity contribution is 5.95.